The standard InChI is InChI=1S/C11H18N4O/c1-11(2,3)10-13-8(14-15-10)9(16)12-6-7-4-5-7/h7H,4-6H2,1-3H3,(H,12,16)(H,13,14,15). The van der Waals surface area contributed by atoms with Crippen molar-refractivity contribution in [2.45, 2.75) is 39.0 Å². The van der Waals surface area contributed by atoms with Gasteiger partial charge in [0.15, 0.2) is 0 Å². The van der Waals surface area contributed by atoms with E-state index >= 15 is 0 Å². The predicted octanol–water partition coefficient (Wildman–Crippen LogP) is 1.24. The van der Waals surface area contributed by atoms with Crippen LogP contribution >= 0.6 is 0 Å². The maximum atomic E-state index is 11.7. The Morgan fingerprint density at radius 1 is 1.50 bits per heavy atom. The van der Waals surface area contributed by atoms with Gasteiger partial charge in [0.2, 0.25) is 5.82 Å². The minimum Gasteiger partial charge on any atom is -0.349 e. The van der Waals surface area contributed by atoms with Gasteiger partial charge in [0, 0.05) is 12.0 Å². The third kappa shape index (κ3) is 2.59. The lowest BCUT2D eigenvalue weighted by Crippen LogP contribution is -2.26. The van der Waals surface area contributed by atoms with E-state index in [9.17, 15) is 4.79 Å². The summed E-state index contributed by atoms with van der Waals surface area (Å²) in [5.41, 5.74) is -0.109. The lowest BCUT2D eigenvalue weighted by Gasteiger charge is -2.12. The van der Waals surface area contributed by atoms with E-state index in [1.807, 2.05) is 20.8 Å². The molecule has 0 unspecified atom stereocenters. The van der Waals surface area contributed by atoms with Crippen LogP contribution in [-0.2, 0) is 5.41 Å². The third-order valence-corrected chi connectivity index (χ3v) is 2.65. The van der Waals surface area contributed by atoms with Gasteiger partial charge in [-0.3, -0.25) is 9.89 Å². The van der Waals surface area contributed by atoms with E-state index in [0.29, 0.717) is 5.92 Å². The number of amides is 1. The molecule has 1 saturated carbocycles. The average molecular weight is 222 g/mol. The van der Waals surface area contributed by atoms with Crippen molar-refractivity contribution in [3.05, 3.63) is 11.6 Å². The van der Waals surface area contributed by atoms with Crippen LogP contribution in [-0.4, -0.2) is 27.6 Å². The van der Waals surface area contributed by atoms with Crippen LogP contribution in [0.1, 0.15) is 50.1 Å². The van der Waals surface area contributed by atoms with Gasteiger partial charge in [-0.25, -0.2) is 4.98 Å². The Morgan fingerprint density at radius 2 is 2.19 bits per heavy atom. The molecule has 2 rings (SSSR count). The van der Waals surface area contributed by atoms with Crippen LogP contribution in [0.4, 0.5) is 0 Å². The number of hydrogen-bond donors (Lipinski definition) is 2. The first kappa shape index (κ1) is 11.1. The number of H-pyrrole nitrogens is 1. The SMILES string of the molecule is CC(C)(C)c1nc(C(=O)NCC2CC2)n[nH]1. The van der Waals surface area contributed by atoms with Gasteiger partial charge in [-0.15, -0.1) is 5.10 Å². The van der Waals surface area contributed by atoms with Gasteiger partial charge in [-0.1, -0.05) is 20.8 Å². The first-order chi connectivity index (χ1) is 7.47. The van der Waals surface area contributed by atoms with Gasteiger partial charge in [0.1, 0.15) is 5.82 Å². The number of nitrogens with zero attached hydrogens (tertiary/aromatic N) is 2. The molecule has 1 aromatic heterocycles. The Balaban J connectivity index is 1.97. The zero-order valence-electron chi connectivity index (χ0n) is 10.0. The van der Waals surface area contributed by atoms with Crippen molar-refractivity contribution in [1.29, 1.82) is 0 Å². The number of aromatic amines is 1. The Bertz CT molecular complexity index is 387. The van der Waals surface area contributed by atoms with E-state index < -0.39 is 0 Å². The molecule has 0 saturated heterocycles. The molecular formula is C11H18N4O. The Labute approximate surface area is 95.0 Å². The number of hydrogen-bond acceptors (Lipinski definition) is 3. The molecule has 1 aliphatic carbocycles. The summed E-state index contributed by atoms with van der Waals surface area (Å²) in [6.07, 6.45) is 2.45. The minimum absolute atomic E-state index is 0.109. The van der Waals surface area contributed by atoms with Crippen LogP contribution in [0.15, 0.2) is 0 Å². The van der Waals surface area contributed by atoms with Gasteiger partial charge in [-0.05, 0) is 18.8 Å². The summed E-state index contributed by atoms with van der Waals surface area (Å²) >= 11 is 0. The molecule has 1 aliphatic rings. The highest BCUT2D eigenvalue weighted by Crippen LogP contribution is 2.27. The Morgan fingerprint density at radius 3 is 2.69 bits per heavy atom. The molecule has 5 heteroatoms. The summed E-state index contributed by atoms with van der Waals surface area (Å²) in [4.78, 5) is 15.9. The number of aromatic nitrogens is 3. The smallest absolute Gasteiger partial charge is 0.290 e. The number of rotatable bonds is 3. The number of nitrogens with one attached hydrogen (secondary N) is 2. The fourth-order valence-corrected chi connectivity index (χ4v) is 1.34. The van der Waals surface area contributed by atoms with E-state index in [4.69, 9.17) is 0 Å². The predicted molar refractivity (Wildman–Crippen MR) is 60.1 cm³/mol. The second-order valence-electron chi connectivity index (χ2n) is 5.41. The van der Waals surface area contributed by atoms with Gasteiger partial charge in [-0.2, -0.15) is 0 Å². The molecule has 88 valence electrons. The van der Waals surface area contributed by atoms with Crippen LogP contribution < -0.4 is 5.32 Å². The molecule has 0 atom stereocenters. The van der Waals surface area contributed by atoms with E-state index in [2.05, 4.69) is 20.5 Å². The Kier molecular flexibility index (Phi) is 2.69. The first-order valence-corrected chi connectivity index (χ1v) is 5.68. The monoisotopic (exact) mass is 222 g/mol. The molecule has 0 spiro atoms. The van der Waals surface area contributed by atoms with Crippen molar-refractivity contribution in [3.8, 4) is 0 Å². The van der Waals surface area contributed by atoms with Crippen molar-refractivity contribution >= 4 is 5.91 Å². The summed E-state index contributed by atoms with van der Waals surface area (Å²) in [7, 11) is 0. The van der Waals surface area contributed by atoms with Crippen molar-refractivity contribution < 1.29 is 4.79 Å². The van der Waals surface area contributed by atoms with Crippen LogP contribution in [0, 0.1) is 5.92 Å². The van der Waals surface area contributed by atoms with E-state index in [-0.39, 0.29) is 17.1 Å². The van der Waals surface area contributed by atoms with Crippen molar-refractivity contribution in [3.63, 3.8) is 0 Å². The van der Waals surface area contributed by atoms with E-state index in [0.717, 1.165) is 12.4 Å². The lowest BCUT2D eigenvalue weighted by molar-refractivity contribution is 0.0941. The maximum absolute atomic E-state index is 11.7. The zero-order chi connectivity index (χ0) is 11.8. The zero-order valence-corrected chi connectivity index (χ0v) is 10.0. The highest BCUT2D eigenvalue weighted by molar-refractivity contribution is 5.90. The summed E-state index contributed by atoms with van der Waals surface area (Å²) in [6.45, 7) is 6.83. The molecule has 0 radical (unpaired) electrons. The molecule has 0 bridgehead atoms. The van der Waals surface area contributed by atoms with Crippen LogP contribution in [0.5, 0.6) is 0 Å². The number of carbonyl (C=O) groups excluding carboxylic acids is 1. The second kappa shape index (κ2) is 3.88. The first-order valence-electron chi connectivity index (χ1n) is 5.68. The van der Waals surface area contributed by atoms with Crippen molar-refractivity contribution in [2.24, 2.45) is 5.92 Å². The summed E-state index contributed by atoms with van der Waals surface area (Å²) < 4.78 is 0. The molecule has 2 N–H and O–H groups in total. The molecule has 1 heterocycles. The molecular weight excluding hydrogens is 204 g/mol. The van der Waals surface area contributed by atoms with Crippen molar-refractivity contribution in [2.75, 3.05) is 6.54 Å². The molecule has 16 heavy (non-hydrogen) atoms. The second-order valence-corrected chi connectivity index (χ2v) is 5.41. The molecule has 0 aromatic carbocycles. The Hall–Kier alpha value is -1.39. The summed E-state index contributed by atoms with van der Waals surface area (Å²) in [5, 5.41) is 9.58. The normalized spacial score (nSPS) is 16.2. The molecule has 1 fully saturated rings. The molecule has 1 aromatic rings. The topological polar surface area (TPSA) is 70.7 Å². The molecule has 0 aliphatic heterocycles. The van der Waals surface area contributed by atoms with E-state index in [1.54, 1.807) is 0 Å². The number of carbonyl (C=O) groups is 1. The molecule has 5 nitrogen and oxygen atoms in total. The minimum atomic E-state index is -0.182. The van der Waals surface area contributed by atoms with Gasteiger partial charge >= 0.3 is 0 Å². The van der Waals surface area contributed by atoms with Crippen molar-refractivity contribution in [1.82, 2.24) is 20.5 Å². The fraction of sp³-hybridized carbons (Fsp3) is 0.727. The third-order valence-electron chi connectivity index (χ3n) is 2.65. The fourth-order valence-electron chi connectivity index (χ4n) is 1.34. The highest BCUT2D eigenvalue weighted by Gasteiger charge is 2.24. The molecule has 1 amide bonds. The van der Waals surface area contributed by atoms with Gasteiger partial charge in [0.25, 0.3) is 5.91 Å². The summed E-state index contributed by atoms with van der Waals surface area (Å²) in [6, 6.07) is 0. The summed E-state index contributed by atoms with van der Waals surface area (Å²) in [5.74, 6) is 1.47. The largest absolute Gasteiger partial charge is 0.349 e. The highest BCUT2D eigenvalue weighted by atomic mass is 16.2. The van der Waals surface area contributed by atoms with Crippen LogP contribution in [0.2, 0.25) is 0 Å². The van der Waals surface area contributed by atoms with Crippen LogP contribution in [0.3, 0.4) is 0 Å². The van der Waals surface area contributed by atoms with E-state index in [1.165, 1.54) is 12.8 Å². The van der Waals surface area contributed by atoms with Gasteiger partial charge < -0.3 is 5.32 Å². The lowest BCUT2D eigenvalue weighted by atomic mass is 9.96. The van der Waals surface area contributed by atoms with Crippen LogP contribution in [0.25, 0.3) is 0 Å². The van der Waals surface area contributed by atoms with Gasteiger partial charge in [0.05, 0.1) is 0 Å². The quantitative estimate of drug-likeness (QED) is 0.808. The average Bonchev–Trinajstić information content (AvgIpc) is 2.86. The maximum Gasteiger partial charge on any atom is 0.290 e.